The van der Waals surface area contributed by atoms with Crippen molar-refractivity contribution in [3.05, 3.63) is 33.0 Å². The fourth-order valence-electron chi connectivity index (χ4n) is 2.70. The van der Waals surface area contributed by atoms with Gasteiger partial charge in [-0.1, -0.05) is 56.5 Å². The normalized spacial score (nSPS) is 11.8. The average Bonchev–Trinajstić information content (AvgIpc) is 3.04. The number of aryl methyl sites for hydroxylation is 1. The molecule has 7 heteroatoms. The van der Waals surface area contributed by atoms with Gasteiger partial charge in [0.15, 0.2) is 16.3 Å². The van der Waals surface area contributed by atoms with Gasteiger partial charge in [0.2, 0.25) is 0 Å². The number of thioether (sulfide) groups is 1. The van der Waals surface area contributed by atoms with Gasteiger partial charge in [0.25, 0.3) is 5.56 Å². The molecule has 1 N–H and O–H groups in total. The second kappa shape index (κ2) is 9.65. The van der Waals surface area contributed by atoms with Crippen molar-refractivity contribution in [2.45, 2.75) is 57.0 Å². The molecule has 2 heterocycles. The third kappa shape index (κ3) is 5.11. The van der Waals surface area contributed by atoms with Crippen LogP contribution in [0.15, 0.2) is 26.9 Å². The van der Waals surface area contributed by atoms with Crippen LogP contribution >= 0.6 is 11.8 Å². The molecule has 0 bridgehead atoms. The quantitative estimate of drug-likeness (QED) is 0.396. The zero-order valence-corrected chi connectivity index (χ0v) is 16.2. The number of fused-ring (bicyclic) bond motifs is 1. The molecule has 140 valence electrons. The molecule has 0 saturated heterocycles. The van der Waals surface area contributed by atoms with Gasteiger partial charge >= 0.3 is 5.69 Å². The van der Waals surface area contributed by atoms with Crippen LogP contribution in [0.1, 0.15) is 53.3 Å². The maximum Gasteiger partial charge on any atom is 0.332 e. The van der Waals surface area contributed by atoms with Gasteiger partial charge in [-0.05, 0) is 19.3 Å². The Hall–Kier alpha value is -1.76. The van der Waals surface area contributed by atoms with E-state index in [-0.39, 0.29) is 12.7 Å². The minimum absolute atomic E-state index is 0. The number of rotatable bonds is 10. The fourth-order valence-corrected chi connectivity index (χ4v) is 3.47. The Bertz CT molecular complexity index is 838. The van der Waals surface area contributed by atoms with Crippen LogP contribution in [0.3, 0.4) is 0 Å². The molecular formula is C18H30N4O2S. The van der Waals surface area contributed by atoms with Gasteiger partial charge in [-0.2, -0.15) is 0 Å². The SMILES string of the molecule is CCCCCCC/C=C/CCSc1nc2c([nH]1)c(=O)n(C)c(=O)n2C.[HH]. The smallest absolute Gasteiger partial charge is 0.327 e. The van der Waals surface area contributed by atoms with E-state index < -0.39 is 0 Å². The third-order valence-corrected chi connectivity index (χ3v) is 5.14. The molecule has 0 aromatic carbocycles. The van der Waals surface area contributed by atoms with E-state index in [9.17, 15) is 9.59 Å². The van der Waals surface area contributed by atoms with Crippen molar-refractivity contribution in [3.63, 3.8) is 0 Å². The summed E-state index contributed by atoms with van der Waals surface area (Å²) in [6.45, 7) is 2.23. The summed E-state index contributed by atoms with van der Waals surface area (Å²) in [7, 11) is 3.10. The number of nitrogens with zero attached hydrogens (tertiary/aromatic N) is 3. The molecule has 0 saturated carbocycles. The van der Waals surface area contributed by atoms with Crippen LogP contribution in [0.5, 0.6) is 0 Å². The van der Waals surface area contributed by atoms with Crippen LogP contribution in [0.2, 0.25) is 0 Å². The molecule has 0 aliphatic rings. The summed E-state index contributed by atoms with van der Waals surface area (Å²) in [5, 5.41) is 0.682. The first kappa shape index (κ1) is 19.6. The third-order valence-electron chi connectivity index (χ3n) is 4.24. The molecular weight excluding hydrogens is 336 g/mol. The van der Waals surface area contributed by atoms with Crippen LogP contribution in [0.4, 0.5) is 0 Å². The highest BCUT2D eigenvalue weighted by Crippen LogP contribution is 2.17. The molecule has 0 fully saturated rings. The number of hydrogen-bond donors (Lipinski definition) is 1. The number of aromatic nitrogens is 4. The molecule has 6 nitrogen and oxygen atoms in total. The summed E-state index contributed by atoms with van der Waals surface area (Å²) >= 11 is 1.57. The summed E-state index contributed by atoms with van der Waals surface area (Å²) in [6, 6.07) is 0. The van der Waals surface area contributed by atoms with E-state index in [1.54, 1.807) is 18.8 Å². The van der Waals surface area contributed by atoms with E-state index in [0.717, 1.165) is 23.2 Å². The number of hydrogen-bond acceptors (Lipinski definition) is 4. The molecule has 0 radical (unpaired) electrons. The first-order valence-electron chi connectivity index (χ1n) is 8.99. The second-order valence-corrected chi connectivity index (χ2v) is 7.34. The molecule has 0 atom stereocenters. The number of nitrogens with one attached hydrogen (secondary N) is 1. The average molecular weight is 367 g/mol. The number of allylic oxidation sites excluding steroid dienone is 2. The van der Waals surface area contributed by atoms with Gasteiger partial charge in [0.1, 0.15) is 0 Å². The summed E-state index contributed by atoms with van der Waals surface area (Å²) in [4.78, 5) is 31.4. The van der Waals surface area contributed by atoms with Crippen LogP contribution in [0, 0.1) is 0 Å². The van der Waals surface area contributed by atoms with E-state index in [1.807, 2.05) is 0 Å². The largest absolute Gasteiger partial charge is 0.332 e. The predicted octanol–water partition coefficient (Wildman–Crippen LogP) is 3.61. The minimum atomic E-state index is -0.359. The maximum absolute atomic E-state index is 12.1. The van der Waals surface area contributed by atoms with Crippen LogP contribution < -0.4 is 11.2 Å². The van der Waals surface area contributed by atoms with Crippen molar-refractivity contribution < 1.29 is 1.43 Å². The summed E-state index contributed by atoms with van der Waals surface area (Å²) in [5.41, 5.74) is 0.107. The lowest BCUT2D eigenvalue weighted by Gasteiger charge is -2.00. The lowest BCUT2D eigenvalue weighted by molar-refractivity contribution is 0.637. The van der Waals surface area contributed by atoms with E-state index >= 15 is 0 Å². The first-order valence-corrected chi connectivity index (χ1v) is 9.98. The molecule has 0 aliphatic heterocycles. The van der Waals surface area contributed by atoms with Crippen LogP contribution in [-0.4, -0.2) is 24.9 Å². The van der Waals surface area contributed by atoms with Crippen LogP contribution in [0.25, 0.3) is 11.2 Å². The zero-order valence-electron chi connectivity index (χ0n) is 15.4. The monoisotopic (exact) mass is 366 g/mol. The Kier molecular flexibility index (Phi) is 7.55. The highest BCUT2D eigenvalue weighted by Gasteiger charge is 2.13. The van der Waals surface area contributed by atoms with Gasteiger partial charge in [-0.15, -0.1) is 0 Å². The lowest BCUT2D eigenvalue weighted by atomic mass is 10.1. The number of imidazole rings is 1. The fraction of sp³-hybridized carbons (Fsp3) is 0.611. The Morgan fingerprint density at radius 1 is 1.08 bits per heavy atom. The summed E-state index contributed by atoms with van der Waals surface area (Å²) in [5.74, 6) is 0.889. The molecule has 0 unspecified atom stereocenters. The first-order chi connectivity index (χ1) is 12.1. The Morgan fingerprint density at radius 3 is 2.56 bits per heavy atom. The van der Waals surface area contributed by atoms with Gasteiger partial charge in [0, 0.05) is 21.3 Å². The number of unbranched alkanes of at least 4 members (excludes halogenated alkanes) is 5. The van der Waals surface area contributed by atoms with Crippen molar-refractivity contribution in [2.75, 3.05) is 5.75 Å². The van der Waals surface area contributed by atoms with E-state index in [0.29, 0.717) is 16.3 Å². The van der Waals surface area contributed by atoms with Crippen molar-refractivity contribution in [1.29, 1.82) is 0 Å². The Labute approximate surface area is 153 Å². The standard InChI is InChI=1S/C18H28N4O2S.H2/c1-4-5-6-7-8-9-10-11-12-13-25-17-19-14-15(20-17)21(2)18(24)22(3)16(14)23;/h10-11H,4-9,12-13H2,1-3H3,(H,19,20);1H/b11-10+;. The highest BCUT2D eigenvalue weighted by molar-refractivity contribution is 7.99. The predicted molar refractivity (Wildman–Crippen MR) is 107 cm³/mol. The molecule has 0 aliphatic carbocycles. The number of H-pyrrole nitrogens is 1. The minimum Gasteiger partial charge on any atom is -0.327 e. The van der Waals surface area contributed by atoms with Crippen molar-refractivity contribution in [1.82, 2.24) is 19.1 Å². The van der Waals surface area contributed by atoms with Gasteiger partial charge in [-0.25, -0.2) is 9.78 Å². The Balaban J connectivity index is 0.00000338. The summed E-state index contributed by atoms with van der Waals surface area (Å²) in [6.07, 6.45) is 13.1. The topological polar surface area (TPSA) is 72.7 Å². The second-order valence-electron chi connectivity index (χ2n) is 6.26. The van der Waals surface area contributed by atoms with Crippen molar-refractivity contribution in [2.24, 2.45) is 14.1 Å². The molecule has 25 heavy (non-hydrogen) atoms. The van der Waals surface area contributed by atoms with E-state index in [2.05, 4.69) is 29.0 Å². The molecule has 2 aromatic rings. The molecule has 0 spiro atoms. The number of aromatic amines is 1. The van der Waals surface area contributed by atoms with Gasteiger partial charge < -0.3 is 4.98 Å². The van der Waals surface area contributed by atoms with Crippen molar-refractivity contribution >= 4 is 22.9 Å². The van der Waals surface area contributed by atoms with Crippen LogP contribution in [-0.2, 0) is 14.1 Å². The Morgan fingerprint density at radius 2 is 1.80 bits per heavy atom. The van der Waals surface area contributed by atoms with Gasteiger partial charge in [0.05, 0.1) is 0 Å². The van der Waals surface area contributed by atoms with E-state index in [1.165, 1.54) is 43.7 Å². The maximum atomic E-state index is 12.1. The molecule has 2 rings (SSSR count). The van der Waals surface area contributed by atoms with Gasteiger partial charge in [-0.3, -0.25) is 13.9 Å². The highest BCUT2D eigenvalue weighted by atomic mass is 32.2. The molecule has 2 aromatic heterocycles. The zero-order chi connectivity index (χ0) is 18.2. The van der Waals surface area contributed by atoms with Crippen molar-refractivity contribution in [3.8, 4) is 0 Å². The lowest BCUT2D eigenvalue weighted by Crippen LogP contribution is -2.36. The molecule has 0 amide bonds. The van der Waals surface area contributed by atoms with E-state index in [4.69, 9.17) is 0 Å². The summed E-state index contributed by atoms with van der Waals surface area (Å²) < 4.78 is 2.49.